The molecule has 4 nitrogen and oxygen atoms in total. The first-order valence-corrected chi connectivity index (χ1v) is 9.57. The molecule has 0 fully saturated rings. The van der Waals surface area contributed by atoms with Crippen molar-refractivity contribution >= 4 is 29.1 Å². The number of Topliss-reactive ketones (excluding diaryl/α,β-unsaturated/α-hetero) is 1. The van der Waals surface area contributed by atoms with Crippen molar-refractivity contribution in [3.8, 4) is 11.5 Å². The summed E-state index contributed by atoms with van der Waals surface area (Å²) in [6.45, 7) is 0. The standard InChI is InChI=1S/C21H19ClO4S/c1-24-19-10-5-14(12-20(19)25-2)21(13-17(23)18-4-3-11-26-18)27-16-8-6-15(22)7-9-16/h3-12,21H,13H2,1-2H3. The Hall–Kier alpha value is -2.37. The van der Waals surface area contributed by atoms with Crippen LogP contribution in [0.2, 0.25) is 5.02 Å². The van der Waals surface area contributed by atoms with Gasteiger partial charge in [-0.15, -0.1) is 11.8 Å². The quantitative estimate of drug-likeness (QED) is 0.338. The minimum absolute atomic E-state index is 0.0544. The molecule has 1 atom stereocenters. The van der Waals surface area contributed by atoms with Gasteiger partial charge in [-0.25, -0.2) is 0 Å². The third-order valence-electron chi connectivity index (χ3n) is 4.04. The van der Waals surface area contributed by atoms with Crippen LogP contribution in [-0.2, 0) is 0 Å². The zero-order chi connectivity index (χ0) is 19.2. The van der Waals surface area contributed by atoms with Crippen LogP contribution in [0, 0.1) is 0 Å². The van der Waals surface area contributed by atoms with Crippen molar-refractivity contribution in [2.45, 2.75) is 16.6 Å². The second-order valence-electron chi connectivity index (χ2n) is 5.78. The minimum atomic E-state index is -0.122. The topological polar surface area (TPSA) is 48.7 Å². The normalized spacial score (nSPS) is 11.8. The number of ketones is 1. The van der Waals surface area contributed by atoms with Gasteiger partial charge in [-0.3, -0.25) is 4.79 Å². The predicted octanol–water partition coefficient (Wildman–Crippen LogP) is 6.06. The van der Waals surface area contributed by atoms with E-state index in [-0.39, 0.29) is 17.5 Å². The van der Waals surface area contributed by atoms with Crippen molar-refractivity contribution < 1.29 is 18.7 Å². The fraction of sp³-hybridized carbons (Fsp3) is 0.190. The number of furan rings is 1. The van der Waals surface area contributed by atoms with Gasteiger partial charge >= 0.3 is 0 Å². The molecule has 0 aliphatic heterocycles. The maximum absolute atomic E-state index is 12.6. The fourth-order valence-corrected chi connectivity index (χ4v) is 3.93. The third kappa shape index (κ3) is 4.87. The monoisotopic (exact) mass is 402 g/mol. The van der Waals surface area contributed by atoms with E-state index in [1.807, 2.05) is 42.5 Å². The number of hydrogen-bond donors (Lipinski definition) is 0. The maximum atomic E-state index is 12.6. The lowest BCUT2D eigenvalue weighted by atomic mass is 10.1. The number of methoxy groups -OCH3 is 2. The van der Waals surface area contributed by atoms with Crippen molar-refractivity contribution in [1.82, 2.24) is 0 Å². The summed E-state index contributed by atoms with van der Waals surface area (Å²) in [5, 5.41) is 0.553. The van der Waals surface area contributed by atoms with E-state index < -0.39 is 0 Å². The molecule has 0 bridgehead atoms. The van der Waals surface area contributed by atoms with Gasteiger partial charge in [-0.05, 0) is 54.1 Å². The first-order chi connectivity index (χ1) is 13.1. The summed E-state index contributed by atoms with van der Waals surface area (Å²) in [6, 6.07) is 16.7. The van der Waals surface area contributed by atoms with Gasteiger partial charge in [0, 0.05) is 21.6 Å². The molecule has 6 heteroatoms. The molecule has 27 heavy (non-hydrogen) atoms. The number of ether oxygens (including phenoxy) is 2. The number of rotatable bonds is 8. The first kappa shape index (κ1) is 19.4. The van der Waals surface area contributed by atoms with E-state index in [0.717, 1.165) is 10.5 Å². The molecule has 0 aliphatic carbocycles. The van der Waals surface area contributed by atoms with Gasteiger partial charge in [0.05, 0.1) is 20.5 Å². The van der Waals surface area contributed by atoms with Crippen LogP contribution < -0.4 is 9.47 Å². The Morgan fingerprint density at radius 3 is 2.44 bits per heavy atom. The van der Waals surface area contributed by atoms with Crippen molar-refractivity contribution in [3.05, 3.63) is 77.2 Å². The average Bonchev–Trinajstić information content (AvgIpc) is 3.23. The lowest BCUT2D eigenvalue weighted by molar-refractivity contribution is 0.0955. The van der Waals surface area contributed by atoms with Crippen LogP contribution in [0.15, 0.2) is 70.2 Å². The second kappa shape index (κ2) is 9.02. The molecule has 0 amide bonds. The van der Waals surface area contributed by atoms with E-state index in [1.165, 1.54) is 6.26 Å². The van der Waals surface area contributed by atoms with Gasteiger partial charge < -0.3 is 13.9 Å². The Balaban J connectivity index is 1.91. The van der Waals surface area contributed by atoms with Crippen LogP contribution in [-0.4, -0.2) is 20.0 Å². The lowest BCUT2D eigenvalue weighted by Gasteiger charge is -2.18. The Bertz CT molecular complexity index is 891. The Kier molecular flexibility index (Phi) is 6.48. The SMILES string of the molecule is COc1ccc(C(CC(=O)c2ccco2)Sc2ccc(Cl)cc2)cc1OC. The molecule has 1 aromatic heterocycles. The van der Waals surface area contributed by atoms with E-state index >= 15 is 0 Å². The van der Waals surface area contributed by atoms with Crippen molar-refractivity contribution in [2.75, 3.05) is 14.2 Å². The van der Waals surface area contributed by atoms with Crippen LogP contribution in [0.4, 0.5) is 0 Å². The number of thioether (sulfide) groups is 1. The molecular formula is C21H19ClO4S. The molecule has 0 saturated heterocycles. The molecule has 0 N–H and O–H groups in total. The molecule has 2 aromatic carbocycles. The molecule has 1 heterocycles. The highest BCUT2D eigenvalue weighted by atomic mass is 35.5. The van der Waals surface area contributed by atoms with Gasteiger partial charge in [0.2, 0.25) is 0 Å². The van der Waals surface area contributed by atoms with E-state index in [1.54, 1.807) is 38.1 Å². The molecule has 0 spiro atoms. The highest BCUT2D eigenvalue weighted by molar-refractivity contribution is 7.99. The Labute approximate surface area is 167 Å². The highest BCUT2D eigenvalue weighted by Gasteiger charge is 2.21. The molecule has 0 aliphatic rings. The molecule has 3 rings (SSSR count). The number of halogens is 1. The average molecular weight is 403 g/mol. The zero-order valence-corrected chi connectivity index (χ0v) is 16.5. The van der Waals surface area contributed by atoms with Gasteiger partial charge in [0.15, 0.2) is 23.0 Å². The zero-order valence-electron chi connectivity index (χ0n) is 15.0. The predicted molar refractivity (Wildman–Crippen MR) is 107 cm³/mol. The Morgan fingerprint density at radius 1 is 1.07 bits per heavy atom. The summed E-state index contributed by atoms with van der Waals surface area (Å²) < 4.78 is 16.0. The van der Waals surface area contributed by atoms with Gasteiger partial charge in [-0.1, -0.05) is 17.7 Å². The summed E-state index contributed by atoms with van der Waals surface area (Å²) in [5.41, 5.74) is 0.965. The summed E-state index contributed by atoms with van der Waals surface area (Å²) >= 11 is 7.58. The number of carbonyl (C=O) groups excluding carboxylic acids is 1. The summed E-state index contributed by atoms with van der Waals surface area (Å²) in [7, 11) is 3.19. The van der Waals surface area contributed by atoms with Crippen LogP contribution in [0.25, 0.3) is 0 Å². The maximum Gasteiger partial charge on any atom is 0.199 e. The van der Waals surface area contributed by atoms with Crippen LogP contribution in [0.5, 0.6) is 11.5 Å². The van der Waals surface area contributed by atoms with Gasteiger partial charge in [-0.2, -0.15) is 0 Å². The second-order valence-corrected chi connectivity index (χ2v) is 7.49. The fourth-order valence-electron chi connectivity index (χ4n) is 2.66. The van der Waals surface area contributed by atoms with E-state index in [9.17, 15) is 4.79 Å². The molecule has 140 valence electrons. The minimum Gasteiger partial charge on any atom is -0.493 e. The highest BCUT2D eigenvalue weighted by Crippen LogP contribution is 2.41. The molecule has 1 unspecified atom stereocenters. The number of hydrogen-bond acceptors (Lipinski definition) is 5. The number of carbonyl (C=O) groups is 1. The Morgan fingerprint density at radius 2 is 1.81 bits per heavy atom. The van der Waals surface area contributed by atoms with Crippen molar-refractivity contribution in [3.63, 3.8) is 0 Å². The third-order valence-corrected chi connectivity index (χ3v) is 5.56. The van der Waals surface area contributed by atoms with E-state index in [4.69, 9.17) is 25.5 Å². The molecule has 3 aromatic rings. The molecule has 0 saturated carbocycles. The van der Waals surface area contributed by atoms with Crippen LogP contribution in [0.1, 0.15) is 27.8 Å². The molecule has 0 radical (unpaired) electrons. The lowest BCUT2D eigenvalue weighted by Crippen LogP contribution is -2.05. The van der Waals surface area contributed by atoms with Gasteiger partial charge in [0.1, 0.15) is 0 Å². The van der Waals surface area contributed by atoms with E-state index in [2.05, 4.69) is 0 Å². The molecular weight excluding hydrogens is 384 g/mol. The van der Waals surface area contributed by atoms with Crippen LogP contribution >= 0.6 is 23.4 Å². The van der Waals surface area contributed by atoms with Crippen LogP contribution in [0.3, 0.4) is 0 Å². The first-order valence-electron chi connectivity index (χ1n) is 8.31. The largest absolute Gasteiger partial charge is 0.493 e. The summed E-state index contributed by atoms with van der Waals surface area (Å²) in [6.07, 6.45) is 1.79. The van der Waals surface area contributed by atoms with Crippen molar-refractivity contribution in [2.24, 2.45) is 0 Å². The summed E-state index contributed by atoms with van der Waals surface area (Å²) in [5.74, 6) is 1.58. The smallest absolute Gasteiger partial charge is 0.199 e. The van der Waals surface area contributed by atoms with E-state index in [0.29, 0.717) is 22.3 Å². The van der Waals surface area contributed by atoms with Gasteiger partial charge in [0.25, 0.3) is 0 Å². The summed E-state index contributed by atoms with van der Waals surface area (Å²) in [4.78, 5) is 13.6. The number of benzene rings is 2. The van der Waals surface area contributed by atoms with Crippen molar-refractivity contribution in [1.29, 1.82) is 0 Å².